The number of anilines is 4. The highest BCUT2D eigenvalue weighted by Gasteiger charge is 2.28. The second kappa shape index (κ2) is 11.4. The molecule has 0 aliphatic carbocycles. The van der Waals surface area contributed by atoms with Gasteiger partial charge in [-0.2, -0.15) is 4.31 Å². The summed E-state index contributed by atoms with van der Waals surface area (Å²) in [5, 5.41) is 6.49. The van der Waals surface area contributed by atoms with Gasteiger partial charge in [-0.3, -0.25) is 4.79 Å². The molecule has 4 aromatic rings. The molecule has 1 saturated heterocycles. The summed E-state index contributed by atoms with van der Waals surface area (Å²) in [5.74, 6) is 0.346. The van der Waals surface area contributed by atoms with E-state index in [0.717, 1.165) is 28.3 Å². The number of halogens is 1. The molecular formula is C28H27ClN6O3S. The molecular weight excluding hydrogens is 536 g/mol. The van der Waals surface area contributed by atoms with E-state index in [-0.39, 0.29) is 10.8 Å². The highest BCUT2D eigenvalue weighted by atomic mass is 35.5. The number of carbonyl (C=O) groups excluding carboxylic acids is 1. The maximum atomic E-state index is 13.0. The van der Waals surface area contributed by atoms with Gasteiger partial charge in [0, 0.05) is 66.9 Å². The molecule has 1 aliphatic heterocycles. The molecule has 11 heteroatoms. The molecule has 1 aliphatic rings. The van der Waals surface area contributed by atoms with Crippen molar-refractivity contribution in [1.29, 1.82) is 0 Å². The summed E-state index contributed by atoms with van der Waals surface area (Å²) in [6, 6.07) is 23.4. The molecule has 1 fully saturated rings. The van der Waals surface area contributed by atoms with Crippen LogP contribution in [0.5, 0.6) is 0 Å². The summed E-state index contributed by atoms with van der Waals surface area (Å²) in [4.78, 5) is 22.6. The van der Waals surface area contributed by atoms with Crippen molar-refractivity contribution in [2.24, 2.45) is 0 Å². The second-order valence-electron chi connectivity index (χ2n) is 9.04. The lowest BCUT2D eigenvalue weighted by Crippen LogP contribution is -2.48. The van der Waals surface area contributed by atoms with Crippen LogP contribution in [0.15, 0.2) is 90.0 Å². The van der Waals surface area contributed by atoms with Crippen molar-refractivity contribution in [2.45, 2.75) is 11.8 Å². The number of hydrogen-bond acceptors (Lipinski definition) is 7. The fraction of sp³-hybridized carbons (Fsp3) is 0.179. The van der Waals surface area contributed by atoms with Gasteiger partial charge < -0.3 is 15.5 Å². The molecule has 2 heterocycles. The Morgan fingerprint density at radius 2 is 1.49 bits per heavy atom. The van der Waals surface area contributed by atoms with E-state index < -0.39 is 10.0 Å². The highest BCUT2D eigenvalue weighted by Crippen LogP contribution is 2.25. The molecule has 200 valence electrons. The van der Waals surface area contributed by atoms with Gasteiger partial charge >= 0.3 is 0 Å². The molecule has 1 amide bonds. The second-order valence-corrected chi connectivity index (χ2v) is 11.4. The van der Waals surface area contributed by atoms with Crippen LogP contribution in [0.3, 0.4) is 0 Å². The zero-order chi connectivity index (χ0) is 27.4. The number of rotatable bonds is 7. The van der Waals surface area contributed by atoms with E-state index in [9.17, 15) is 13.2 Å². The van der Waals surface area contributed by atoms with Crippen molar-refractivity contribution in [3.63, 3.8) is 0 Å². The first-order valence-electron chi connectivity index (χ1n) is 12.4. The van der Waals surface area contributed by atoms with Crippen LogP contribution in [-0.2, 0) is 14.8 Å². The van der Waals surface area contributed by atoms with Crippen molar-refractivity contribution in [3.8, 4) is 11.3 Å². The number of sulfonamides is 1. The lowest BCUT2D eigenvalue weighted by atomic mass is 10.1. The maximum Gasteiger partial charge on any atom is 0.243 e. The van der Waals surface area contributed by atoms with Crippen LogP contribution in [0.25, 0.3) is 11.3 Å². The molecule has 9 nitrogen and oxygen atoms in total. The summed E-state index contributed by atoms with van der Waals surface area (Å²) in [5.41, 5.74) is 4.23. The minimum Gasteiger partial charge on any atom is -0.369 e. The zero-order valence-electron chi connectivity index (χ0n) is 21.2. The van der Waals surface area contributed by atoms with Crippen molar-refractivity contribution < 1.29 is 13.2 Å². The summed E-state index contributed by atoms with van der Waals surface area (Å²) >= 11 is 5.90. The Morgan fingerprint density at radius 3 is 2.13 bits per heavy atom. The van der Waals surface area contributed by atoms with Gasteiger partial charge in [0.2, 0.25) is 21.9 Å². The summed E-state index contributed by atoms with van der Waals surface area (Å²) < 4.78 is 27.4. The van der Waals surface area contributed by atoms with Crippen molar-refractivity contribution in [2.75, 3.05) is 41.7 Å². The largest absolute Gasteiger partial charge is 0.369 e. The van der Waals surface area contributed by atoms with Crippen molar-refractivity contribution in [3.05, 3.63) is 90.1 Å². The van der Waals surface area contributed by atoms with Crippen LogP contribution in [0.2, 0.25) is 5.02 Å². The first-order chi connectivity index (χ1) is 18.8. The molecule has 0 atom stereocenters. The average molecular weight is 563 g/mol. The van der Waals surface area contributed by atoms with Gasteiger partial charge in [-0.25, -0.2) is 18.4 Å². The van der Waals surface area contributed by atoms with Gasteiger partial charge in [0.25, 0.3) is 0 Å². The minimum absolute atomic E-state index is 0.119. The Balaban J connectivity index is 1.20. The third kappa shape index (κ3) is 6.36. The molecule has 2 N–H and O–H groups in total. The van der Waals surface area contributed by atoms with Crippen molar-refractivity contribution >= 4 is 50.5 Å². The number of carbonyl (C=O) groups is 1. The van der Waals surface area contributed by atoms with E-state index in [2.05, 4.69) is 25.5 Å². The molecule has 1 aromatic heterocycles. The Labute approximate surface area is 232 Å². The molecule has 0 spiro atoms. The Bertz CT molecular complexity index is 1550. The van der Waals surface area contributed by atoms with Crippen LogP contribution in [0, 0.1) is 0 Å². The van der Waals surface area contributed by atoms with Gasteiger partial charge in [0.1, 0.15) is 0 Å². The van der Waals surface area contributed by atoms with Crippen LogP contribution in [0.4, 0.5) is 23.0 Å². The Morgan fingerprint density at radius 1 is 0.846 bits per heavy atom. The van der Waals surface area contributed by atoms with Crippen LogP contribution in [0.1, 0.15) is 6.92 Å². The van der Waals surface area contributed by atoms with Gasteiger partial charge in [0.05, 0.1) is 10.6 Å². The van der Waals surface area contributed by atoms with E-state index in [1.165, 1.54) is 11.2 Å². The lowest BCUT2D eigenvalue weighted by Gasteiger charge is -2.35. The monoisotopic (exact) mass is 562 g/mol. The van der Waals surface area contributed by atoms with Gasteiger partial charge in [0.15, 0.2) is 0 Å². The lowest BCUT2D eigenvalue weighted by molar-refractivity contribution is -0.114. The maximum absolute atomic E-state index is 13.0. The standard InChI is InChI=1S/C28H27ClN6O3S/c1-20(36)31-23-6-2-21(3-7-23)27-14-15-30-28(33-27)32-24-8-10-25(11-9-24)34-16-18-35(19-17-34)39(37,38)26-12-4-22(29)5-13-26/h2-15H,16-19H2,1H3,(H,31,36)(H,30,32,33). The smallest absolute Gasteiger partial charge is 0.243 e. The molecule has 3 aromatic carbocycles. The van der Waals surface area contributed by atoms with E-state index in [1.54, 1.807) is 30.5 Å². The van der Waals surface area contributed by atoms with Crippen LogP contribution >= 0.6 is 11.6 Å². The summed E-state index contributed by atoms with van der Waals surface area (Å²) in [6.07, 6.45) is 1.69. The Kier molecular flexibility index (Phi) is 7.78. The number of nitrogens with zero attached hydrogens (tertiary/aromatic N) is 4. The SMILES string of the molecule is CC(=O)Nc1ccc(-c2ccnc(Nc3ccc(N4CCN(S(=O)(=O)c5ccc(Cl)cc5)CC4)cc3)n2)cc1. The van der Waals surface area contributed by atoms with E-state index in [0.29, 0.717) is 37.1 Å². The number of amides is 1. The van der Waals surface area contributed by atoms with Gasteiger partial charge in [-0.1, -0.05) is 23.7 Å². The molecule has 0 saturated carbocycles. The predicted molar refractivity (Wildman–Crippen MR) is 154 cm³/mol. The van der Waals surface area contributed by atoms with E-state index in [4.69, 9.17) is 11.6 Å². The zero-order valence-corrected chi connectivity index (χ0v) is 22.8. The minimum atomic E-state index is -3.55. The Hall–Kier alpha value is -3.99. The third-order valence-corrected chi connectivity index (χ3v) is 8.50. The van der Waals surface area contributed by atoms with E-state index >= 15 is 0 Å². The highest BCUT2D eigenvalue weighted by molar-refractivity contribution is 7.89. The molecule has 5 rings (SSSR count). The van der Waals surface area contributed by atoms with Crippen LogP contribution < -0.4 is 15.5 Å². The first kappa shape index (κ1) is 26.6. The third-order valence-electron chi connectivity index (χ3n) is 6.34. The van der Waals surface area contributed by atoms with Gasteiger partial charge in [-0.15, -0.1) is 0 Å². The first-order valence-corrected chi connectivity index (χ1v) is 14.2. The summed E-state index contributed by atoms with van der Waals surface area (Å²) in [6.45, 7) is 3.45. The predicted octanol–water partition coefficient (Wildman–Crippen LogP) is 5.01. The summed E-state index contributed by atoms with van der Waals surface area (Å²) in [7, 11) is -3.55. The van der Waals surface area contributed by atoms with Crippen molar-refractivity contribution in [1.82, 2.24) is 14.3 Å². The normalized spacial score (nSPS) is 14.2. The quantitative estimate of drug-likeness (QED) is 0.326. The topological polar surface area (TPSA) is 108 Å². The molecule has 0 bridgehead atoms. The van der Waals surface area contributed by atoms with E-state index in [1.807, 2.05) is 54.6 Å². The average Bonchev–Trinajstić information content (AvgIpc) is 2.94. The molecule has 0 unspecified atom stereocenters. The number of piperazine rings is 1. The fourth-order valence-electron chi connectivity index (χ4n) is 4.33. The van der Waals surface area contributed by atoms with Gasteiger partial charge in [-0.05, 0) is 66.7 Å². The number of nitrogens with one attached hydrogen (secondary N) is 2. The van der Waals surface area contributed by atoms with Crippen LogP contribution in [-0.4, -0.2) is 54.8 Å². The fourth-order valence-corrected chi connectivity index (χ4v) is 5.88. The molecule has 39 heavy (non-hydrogen) atoms. The molecule has 0 radical (unpaired) electrons. The number of aromatic nitrogens is 2. The number of hydrogen-bond donors (Lipinski definition) is 2. The number of benzene rings is 3.